The first-order chi connectivity index (χ1) is 37.6. The van der Waals surface area contributed by atoms with Gasteiger partial charge in [-0.3, -0.25) is 28.9 Å². The number of aliphatic hydroxyl groups excluding tert-OH is 1. The molecule has 0 saturated carbocycles. The van der Waals surface area contributed by atoms with Crippen LogP contribution in [-0.4, -0.2) is 101 Å². The number of hydrogen-bond acceptors (Lipinski definition) is 12. The Morgan fingerprint density at radius 3 is 1.27 bits per heavy atom. The fraction of sp³-hybridized carbons (Fsp3) is 0.905. The average molecular weight is 1110 g/mol. The summed E-state index contributed by atoms with van der Waals surface area (Å²) in [6, 6.07) is -3.70. The molecule has 0 aliphatic carbocycles. The fourth-order valence-electron chi connectivity index (χ4n) is 9.87. The highest BCUT2D eigenvalue weighted by molar-refractivity contribution is 7.99. The predicted octanol–water partition coefficient (Wildman–Crippen LogP) is 14.5. The minimum atomic E-state index is -1.50. The number of rotatable bonds is 59. The lowest BCUT2D eigenvalue weighted by molar-refractivity contribution is -0.157. The number of unbranched alkanes of at least 4 members (excludes halogenated alkanes) is 37. The Morgan fingerprint density at radius 1 is 0.519 bits per heavy atom. The van der Waals surface area contributed by atoms with Gasteiger partial charge in [-0.1, -0.05) is 252 Å². The predicted molar refractivity (Wildman–Crippen MR) is 321 cm³/mol. The molecule has 0 fully saturated rings. The Morgan fingerprint density at radius 2 is 0.896 bits per heavy atom. The summed E-state index contributed by atoms with van der Waals surface area (Å²) < 4.78 is 11.5. The van der Waals surface area contributed by atoms with Crippen molar-refractivity contribution in [3.8, 4) is 0 Å². The number of nitrogens with zero attached hydrogens (tertiary/aromatic N) is 1. The van der Waals surface area contributed by atoms with E-state index in [9.17, 15) is 33.9 Å². The first-order valence-electron chi connectivity index (χ1n) is 32.2. The van der Waals surface area contributed by atoms with Gasteiger partial charge in [-0.15, -0.1) is 0 Å². The average Bonchev–Trinajstić information content (AvgIpc) is 3.42. The van der Waals surface area contributed by atoms with Gasteiger partial charge in [0.1, 0.15) is 25.0 Å². The van der Waals surface area contributed by atoms with Crippen LogP contribution in [0.5, 0.6) is 0 Å². The summed E-state index contributed by atoms with van der Waals surface area (Å²) in [6.07, 6.45) is 48.0. The minimum Gasteiger partial charge on any atom is -0.462 e. The fourth-order valence-corrected chi connectivity index (χ4v) is 10.8. The number of nitrogens with two attached hydrogens (primary N) is 2. The molecule has 452 valence electrons. The van der Waals surface area contributed by atoms with Gasteiger partial charge in [0.2, 0.25) is 11.8 Å². The summed E-state index contributed by atoms with van der Waals surface area (Å²) in [5.74, 6) is -2.51. The van der Waals surface area contributed by atoms with Crippen LogP contribution < -0.4 is 16.8 Å². The lowest BCUT2D eigenvalue weighted by Crippen LogP contribution is -2.58. The van der Waals surface area contributed by atoms with E-state index in [0.29, 0.717) is 44.9 Å². The van der Waals surface area contributed by atoms with Gasteiger partial charge in [-0.05, 0) is 45.1 Å². The molecular formula is C63H120N4O9S. The van der Waals surface area contributed by atoms with Crippen LogP contribution in [0.25, 0.3) is 0 Å². The van der Waals surface area contributed by atoms with Crippen molar-refractivity contribution in [3.63, 3.8) is 0 Å². The van der Waals surface area contributed by atoms with Crippen LogP contribution in [0.3, 0.4) is 0 Å². The van der Waals surface area contributed by atoms with Crippen LogP contribution in [-0.2, 0) is 38.2 Å². The lowest BCUT2D eigenvalue weighted by Gasteiger charge is -2.30. The van der Waals surface area contributed by atoms with E-state index in [4.69, 9.17) is 20.9 Å². The molecule has 0 aromatic heterocycles. The molecule has 0 heterocycles. The molecule has 3 amide bonds. The van der Waals surface area contributed by atoms with E-state index >= 15 is 0 Å². The zero-order valence-corrected chi connectivity index (χ0v) is 50.8. The number of carbonyl (C=O) groups excluding carboxylic acids is 6. The van der Waals surface area contributed by atoms with E-state index in [1.807, 2.05) is 0 Å². The summed E-state index contributed by atoms with van der Waals surface area (Å²) in [6.45, 7) is 6.21. The van der Waals surface area contributed by atoms with Crippen LogP contribution in [0.1, 0.15) is 310 Å². The molecule has 77 heavy (non-hydrogen) atoms. The second-order valence-electron chi connectivity index (χ2n) is 22.3. The SMILES string of the molecule is CCCCCCCCCCCCCCCC(=O)OCC(CSC[C@H](N)C(=O)N[C@@H](CO)C(=O)N(C(=O)CCCCCCCCCCCCCCC)[C@H](C=O)CCCCN)OC(=O)CCCCCCCCCCCCCCC. The topological polar surface area (TPSA) is 208 Å². The van der Waals surface area contributed by atoms with Crippen molar-refractivity contribution in [2.45, 2.75) is 334 Å². The third kappa shape index (κ3) is 45.8. The van der Waals surface area contributed by atoms with E-state index in [-0.39, 0.29) is 49.3 Å². The van der Waals surface area contributed by atoms with Crippen molar-refractivity contribution in [2.75, 3.05) is 31.3 Å². The van der Waals surface area contributed by atoms with E-state index in [1.165, 1.54) is 185 Å². The maximum atomic E-state index is 14.0. The lowest BCUT2D eigenvalue weighted by atomic mass is 10.0. The van der Waals surface area contributed by atoms with E-state index < -0.39 is 48.6 Å². The van der Waals surface area contributed by atoms with Crippen LogP contribution in [0, 0.1) is 0 Å². The number of aldehydes is 1. The maximum Gasteiger partial charge on any atom is 0.306 e. The first-order valence-corrected chi connectivity index (χ1v) is 33.4. The molecule has 0 bridgehead atoms. The number of esters is 2. The molecule has 13 nitrogen and oxygen atoms in total. The van der Waals surface area contributed by atoms with Crippen LogP contribution in [0.2, 0.25) is 0 Å². The van der Waals surface area contributed by atoms with Gasteiger partial charge in [-0.2, -0.15) is 11.8 Å². The monoisotopic (exact) mass is 1110 g/mol. The van der Waals surface area contributed by atoms with Crippen molar-refractivity contribution in [1.29, 1.82) is 0 Å². The van der Waals surface area contributed by atoms with Gasteiger partial charge in [0, 0.05) is 30.8 Å². The van der Waals surface area contributed by atoms with Crippen molar-refractivity contribution >= 4 is 47.7 Å². The van der Waals surface area contributed by atoms with Crippen molar-refractivity contribution in [2.24, 2.45) is 11.5 Å². The van der Waals surface area contributed by atoms with Gasteiger partial charge in [0.25, 0.3) is 5.91 Å². The molecule has 0 spiro atoms. The second kappa shape index (κ2) is 56.7. The second-order valence-corrected chi connectivity index (χ2v) is 23.3. The number of ether oxygens (including phenoxy) is 2. The third-order valence-corrected chi connectivity index (χ3v) is 16.1. The maximum absolute atomic E-state index is 14.0. The summed E-state index contributed by atoms with van der Waals surface area (Å²) >= 11 is 1.25. The first kappa shape index (κ1) is 74.5. The van der Waals surface area contributed by atoms with Crippen molar-refractivity contribution in [3.05, 3.63) is 0 Å². The zero-order chi connectivity index (χ0) is 56.7. The molecule has 6 N–H and O–H groups in total. The Balaban J connectivity index is 5.29. The largest absolute Gasteiger partial charge is 0.462 e. The minimum absolute atomic E-state index is 0.0624. The van der Waals surface area contributed by atoms with Crippen molar-refractivity contribution < 1.29 is 43.3 Å². The van der Waals surface area contributed by atoms with Gasteiger partial charge >= 0.3 is 11.9 Å². The number of amides is 3. The summed E-state index contributed by atoms with van der Waals surface area (Å²) in [5.41, 5.74) is 12.0. The molecular weight excluding hydrogens is 989 g/mol. The molecule has 0 aromatic rings. The van der Waals surface area contributed by atoms with Gasteiger partial charge < -0.3 is 36.2 Å². The molecule has 0 rings (SSSR count). The van der Waals surface area contributed by atoms with Crippen LogP contribution in [0.4, 0.5) is 0 Å². The van der Waals surface area contributed by atoms with Gasteiger partial charge in [0.15, 0.2) is 0 Å². The highest BCUT2D eigenvalue weighted by Crippen LogP contribution is 2.19. The molecule has 0 aromatic carbocycles. The number of carbonyl (C=O) groups is 6. The summed E-state index contributed by atoms with van der Waals surface area (Å²) in [5, 5.41) is 12.9. The molecule has 0 saturated heterocycles. The summed E-state index contributed by atoms with van der Waals surface area (Å²) in [7, 11) is 0. The van der Waals surface area contributed by atoms with Crippen molar-refractivity contribution in [1.82, 2.24) is 10.2 Å². The zero-order valence-electron chi connectivity index (χ0n) is 50.0. The Labute approximate surface area is 475 Å². The highest BCUT2D eigenvalue weighted by atomic mass is 32.2. The molecule has 4 atom stereocenters. The van der Waals surface area contributed by atoms with Gasteiger partial charge in [-0.25, -0.2) is 0 Å². The number of hydrogen-bond donors (Lipinski definition) is 4. The molecule has 0 aliphatic heterocycles. The quantitative estimate of drug-likeness (QED) is 0.0255. The van der Waals surface area contributed by atoms with E-state index in [1.54, 1.807) is 0 Å². The highest BCUT2D eigenvalue weighted by Gasteiger charge is 2.35. The number of nitrogens with one attached hydrogen (secondary N) is 1. The van der Waals surface area contributed by atoms with Gasteiger partial charge in [0.05, 0.1) is 18.7 Å². The number of imide groups is 1. The normalized spacial score (nSPS) is 13.0. The summed E-state index contributed by atoms with van der Waals surface area (Å²) in [4.78, 5) is 80.3. The molecule has 0 aliphatic rings. The number of aliphatic hydroxyl groups is 1. The molecule has 1 unspecified atom stereocenters. The number of thioether (sulfide) groups is 1. The molecule has 14 heteroatoms. The Hall–Kier alpha value is -2.55. The Kier molecular flexibility index (Phi) is 54.8. The third-order valence-electron chi connectivity index (χ3n) is 14.9. The Bertz CT molecular complexity index is 1410. The van der Waals surface area contributed by atoms with E-state index in [2.05, 4.69) is 26.1 Å². The standard InChI is InChI=1S/C63H120N4O9S/c1-4-7-10-13-16-19-22-25-28-31-34-37-40-46-59(70)67(55(50-68)45-43-44-49-64)63(74)58(51-69)66-62(73)57(65)54-77-53-56(76-61(72)48-42-39-36-33-30-27-24-21-18-15-12-9-6-3)52-75-60(71)47-41-38-35-32-29-26-23-20-17-14-11-8-5-2/h50,55-58,69H,4-49,51-54,64-65H2,1-3H3,(H,66,73)/t55-,56?,57-,58-/m0/s1. The van der Waals surface area contributed by atoms with Crippen LogP contribution >= 0.6 is 11.8 Å². The molecule has 0 radical (unpaired) electrons. The van der Waals surface area contributed by atoms with E-state index in [0.717, 1.165) is 69.1 Å². The smallest absolute Gasteiger partial charge is 0.306 e. The van der Waals surface area contributed by atoms with Crippen LogP contribution in [0.15, 0.2) is 0 Å².